The first-order valence-electron chi connectivity index (χ1n) is 9.05. The third-order valence-corrected chi connectivity index (χ3v) is 4.87. The van der Waals surface area contributed by atoms with Crippen LogP contribution >= 0.6 is 0 Å². The van der Waals surface area contributed by atoms with Crippen molar-refractivity contribution in [2.45, 2.75) is 13.0 Å². The Labute approximate surface area is 162 Å². The summed E-state index contributed by atoms with van der Waals surface area (Å²) >= 11 is 0. The van der Waals surface area contributed by atoms with Crippen LogP contribution in [0.4, 0.5) is 10.1 Å². The van der Waals surface area contributed by atoms with Crippen LogP contribution in [-0.2, 0) is 4.79 Å². The minimum Gasteiger partial charge on any atom is -0.324 e. The van der Waals surface area contributed by atoms with Gasteiger partial charge in [-0.2, -0.15) is 0 Å². The van der Waals surface area contributed by atoms with Gasteiger partial charge in [-0.3, -0.25) is 9.59 Å². The minimum absolute atomic E-state index is 0.0938. The molecule has 1 aliphatic rings. The summed E-state index contributed by atoms with van der Waals surface area (Å²) in [5.41, 5.74) is 3.72. The second kappa shape index (κ2) is 7.27. The summed E-state index contributed by atoms with van der Waals surface area (Å²) < 4.78 is 13.5. The van der Waals surface area contributed by atoms with E-state index in [4.69, 9.17) is 0 Å². The zero-order valence-corrected chi connectivity index (χ0v) is 15.4. The number of hydrogen-bond donors (Lipinski definition) is 1. The number of fused-ring (bicyclic) bond motifs is 1. The van der Waals surface area contributed by atoms with E-state index in [0.717, 1.165) is 16.7 Å². The van der Waals surface area contributed by atoms with Crippen LogP contribution in [0.25, 0.3) is 0 Å². The molecule has 1 aliphatic heterocycles. The topological polar surface area (TPSA) is 49.4 Å². The molecule has 1 N–H and O–H groups in total. The third-order valence-electron chi connectivity index (χ3n) is 4.87. The molecule has 0 aliphatic carbocycles. The van der Waals surface area contributed by atoms with Gasteiger partial charge in [-0.05, 0) is 42.8 Å². The molecule has 0 radical (unpaired) electrons. The number of hydrogen-bond acceptors (Lipinski definition) is 2. The Bertz CT molecular complexity index is 1030. The Balaban J connectivity index is 1.90. The standard InChI is InChI=1S/C23H19FN2O2/c1-15-7-12-20-19(13-15)22(16-8-10-18(24)11-9-16)26(14-21(27)25-20)23(28)17-5-3-2-4-6-17/h2-13,22H,14H2,1H3,(H,25,27)/t22-/m1/s1. The number of rotatable bonds is 2. The quantitative estimate of drug-likeness (QED) is 0.726. The van der Waals surface area contributed by atoms with Crippen molar-refractivity contribution in [2.24, 2.45) is 0 Å². The molecule has 0 fully saturated rings. The number of aryl methyl sites for hydroxylation is 1. The summed E-state index contributed by atoms with van der Waals surface area (Å²) in [7, 11) is 0. The highest BCUT2D eigenvalue weighted by molar-refractivity contribution is 6.01. The fourth-order valence-corrected chi connectivity index (χ4v) is 3.57. The van der Waals surface area contributed by atoms with Crippen molar-refractivity contribution in [3.05, 3.63) is 101 Å². The van der Waals surface area contributed by atoms with Crippen LogP contribution in [0.5, 0.6) is 0 Å². The first-order chi connectivity index (χ1) is 13.5. The highest BCUT2D eigenvalue weighted by Gasteiger charge is 2.34. The van der Waals surface area contributed by atoms with Crippen LogP contribution < -0.4 is 5.32 Å². The molecule has 28 heavy (non-hydrogen) atoms. The average molecular weight is 374 g/mol. The zero-order valence-electron chi connectivity index (χ0n) is 15.4. The van der Waals surface area contributed by atoms with Gasteiger partial charge in [0.25, 0.3) is 5.91 Å². The molecule has 140 valence electrons. The van der Waals surface area contributed by atoms with E-state index in [1.165, 1.54) is 12.1 Å². The average Bonchev–Trinajstić information content (AvgIpc) is 2.84. The molecule has 1 atom stereocenters. The van der Waals surface area contributed by atoms with E-state index < -0.39 is 6.04 Å². The van der Waals surface area contributed by atoms with Gasteiger partial charge in [0.15, 0.2) is 0 Å². The van der Waals surface area contributed by atoms with Crippen LogP contribution in [0.3, 0.4) is 0 Å². The normalized spacial score (nSPS) is 16.1. The number of amides is 2. The predicted octanol–water partition coefficient (Wildman–Crippen LogP) is 4.32. The molecule has 5 heteroatoms. The zero-order chi connectivity index (χ0) is 19.7. The molecular weight excluding hydrogens is 355 g/mol. The molecule has 3 aromatic carbocycles. The van der Waals surface area contributed by atoms with Gasteiger partial charge in [0.2, 0.25) is 5.91 Å². The molecule has 4 nitrogen and oxygen atoms in total. The van der Waals surface area contributed by atoms with Crippen molar-refractivity contribution in [2.75, 3.05) is 11.9 Å². The van der Waals surface area contributed by atoms with E-state index in [2.05, 4.69) is 5.32 Å². The minimum atomic E-state index is -0.512. The Morgan fingerprint density at radius 1 is 1.04 bits per heavy atom. The first kappa shape index (κ1) is 17.9. The lowest BCUT2D eigenvalue weighted by molar-refractivity contribution is -0.117. The number of nitrogens with one attached hydrogen (secondary N) is 1. The number of benzene rings is 3. The maximum Gasteiger partial charge on any atom is 0.255 e. The summed E-state index contributed by atoms with van der Waals surface area (Å²) in [4.78, 5) is 27.4. The van der Waals surface area contributed by atoms with Gasteiger partial charge in [0.1, 0.15) is 12.4 Å². The van der Waals surface area contributed by atoms with E-state index >= 15 is 0 Å². The largest absolute Gasteiger partial charge is 0.324 e. The van der Waals surface area contributed by atoms with Gasteiger partial charge in [0, 0.05) is 16.8 Å². The second-order valence-electron chi connectivity index (χ2n) is 6.89. The van der Waals surface area contributed by atoms with Crippen LogP contribution in [-0.4, -0.2) is 23.3 Å². The van der Waals surface area contributed by atoms with Crippen LogP contribution in [0.15, 0.2) is 72.8 Å². The fraction of sp³-hybridized carbons (Fsp3) is 0.130. The van der Waals surface area contributed by atoms with E-state index in [0.29, 0.717) is 11.3 Å². The van der Waals surface area contributed by atoms with Crippen molar-refractivity contribution >= 4 is 17.5 Å². The third kappa shape index (κ3) is 3.39. The Morgan fingerprint density at radius 3 is 2.46 bits per heavy atom. The highest BCUT2D eigenvalue weighted by atomic mass is 19.1. The molecule has 4 rings (SSSR count). The van der Waals surface area contributed by atoms with Gasteiger partial charge >= 0.3 is 0 Å². The lowest BCUT2D eigenvalue weighted by atomic mass is 9.94. The van der Waals surface area contributed by atoms with Gasteiger partial charge in [-0.15, -0.1) is 0 Å². The van der Waals surface area contributed by atoms with Crippen LogP contribution in [0, 0.1) is 12.7 Å². The van der Waals surface area contributed by atoms with Crippen molar-refractivity contribution in [1.82, 2.24) is 4.90 Å². The first-order valence-corrected chi connectivity index (χ1v) is 9.05. The molecule has 0 spiro atoms. The van der Waals surface area contributed by atoms with E-state index in [9.17, 15) is 14.0 Å². The molecular formula is C23H19FN2O2. The summed E-state index contributed by atoms with van der Waals surface area (Å²) in [6, 6.07) is 20.1. The van der Waals surface area contributed by atoms with Crippen molar-refractivity contribution in [3.8, 4) is 0 Å². The van der Waals surface area contributed by atoms with E-state index in [-0.39, 0.29) is 24.2 Å². The van der Waals surface area contributed by atoms with E-state index in [1.54, 1.807) is 41.3 Å². The molecule has 0 bridgehead atoms. The Morgan fingerprint density at radius 2 is 1.75 bits per heavy atom. The Hall–Kier alpha value is -3.47. The maximum absolute atomic E-state index is 13.5. The van der Waals surface area contributed by atoms with E-state index in [1.807, 2.05) is 31.2 Å². The van der Waals surface area contributed by atoms with Crippen molar-refractivity contribution < 1.29 is 14.0 Å². The summed E-state index contributed by atoms with van der Waals surface area (Å²) in [6.45, 7) is 1.86. The van der Waals surface area contributed by atoms with Crippen LogP contribution in [0.1, 0.15) is 33.1 Å². The SMILES string of the molecule is Cc1ccc2c(c1)[C@@H](c1ccc(F)cc1)N(C(=O)c1ccccc1)CC(=O)N2. The van der Waals surface area contributed by atoms with Crippen molar-refractivity contribution in [1.29, 1.82) is 0 Å². The van der Waals surface area contributed by atoms with Gasteiger partial charge in [-0.25, -0.2) is 4.39 Å². The Kier molecular flexibility index (Phi) is 4.65. The number of carbonyl (C=O) groups excluding carboxylic acids is 2. The lowest BCUT2D eigenvalue weighted by Gasteiger charge is -2.31. The highest BCUT2D eigenvalue weighted by Crippen LogP contribution is 2.37. The number of nitrogens with zero attached hydrogens (tertiary/aromatic N) is 1. The van der Waals surface area contributed by atoms with Gasteiger partial charge in [-0.1, -0.05) is 48.0 Å². The molecule has 0 saturated carbocycles. The molecule has 1 heterocycles. The molecule has 3 aromatic rings. The lowest BCUT2D eigenvalue weighted by Crippen LogP contribution is -2.39. The summed E-state index contributed by atoms with van der Waals surface area (Å²) in [6.07, 6.45) is 0. The van der Waals surface area contributed by atoms with Gasteiger partial charge in [0.05, 0.1) is 6.04 Å². The fourth-order valence-electron chi connectivity index (χ4n) is 3.57. The second-order valence-corrected chi connectivity index (χ2v) is 6.89. The number of anilines is 1. The number of halogens is 1. The monoisotopic (exact) mass is 374 g/mol. The summed E-state index contributed by atoms with van der Waals surface area (Å²) in [5, 5.41) is 2.89. The molecule has 2 amide bonds. The summed E-state index contributed by atoms with van der Waals surface area (Å²) in [5.74, 6) is -0.865. The smallest absolute Gasteiger partial charge is 0.255 e. The molecule has 0 saturated heterocycles. The van der Waals surface area contributed by atoms with Crippen LogP contribution in [0.2, 0.25) is 0 Å². The number of carbonyl (C=O) groups is 2. The predicted molar refractivity (Wildman–Crippen MR) is 106 cm³/mol. The molecule has 0 aromatic heterocycles. The molecule has 0 unspecified atom stereocenters. The van der Waals surface area contributed by atoms with Gasteiger partial charge < -0.3 is 10.2 Å². The maximum atomic E-state index is 13.5. The van der Waals surface area contributed by atoms with Crippen molar-refractivity contribution in [3.63, 3.8) is 0 Å².